The highest BCUT2D eigenvalue weighted by atomic mass is 19.2. The van der Waals surface area contributed by atoms with Crippen molar-refractivity contribution in [2.24, 2.45) is 5.92 Å². The Bertz CT molecular complexity index is 1100. The Balaban J connectivity index is 1.66. The third kappa shape index (κ3) is 4.90. The molecule has 2 amide bonds. The number of amides is 2. The van der Waals surface area contributed by atoms with E-state index in [1.807, 2.05) is 0 Å². The second kappa shape index (κ2) is 9.41. The van der Waals surface area contributed by atoms with Crippen LogP contribution >= 0.6 is 0 Å². The number of para-hydroxylation sites is 2. The number of methoxy groups -OCH3 is 1. The van der Waals surface area contributed by atoms with Crippen LogP contribution in [-0.4, -0.2) is 35.0 Å². The van der Waals surface area contributed by atoms with Crippen molar-refractivity contribution in [3.63, 3.8) is 0 Å². The first-order valence-electron chi connectivity index (χ1n) is 9.59. The Morgan fingerprint density at radius 2 is 1.84 bits per heavy atom. The van der Waals surface area contributed by atoms with Crippen molar-refractivity contribution in [2.45, 2.75) is 19.9 Å². The van der Waals surface area contributed by atoms with Crippen LogP contribution in [0.2, 0.25) is 0 Å². The molecule has 2 aromatic carbocycles. The second-order valence-electron chi connectivity index (χ2n) is 7.19. The predicted octanol–water partition coefficient (Wildman–Crippen LogP) is 2.78. The summed E-state index contributed by atoms with van der Waals surface area (Å²) < 4.78 is 33.8. The predicted molar refractivity (Wildman–Crippen MR) is 111 cm³/mol. The number of nitrogens with one attached hydrogen (secondary N) is 3. The molecule has 0 fully saturated rings. The molecule has 0 aliphatic heterocycles. The smallest absolute Gasteiger partial charge is 0.261 e. The first-order chi connectivity index (χ1) is 14.8. The van der Waals surface area contributed by atoms with Gasteiger partial charge < -0.3 is 14.6 Å². The van der Waals surface area contributed by atoms with Crippen LogP contribution in [-0.2, 0) is 9.59 Å². The number of aromatic nitrogens is 2. The van der Waals surface area contributed by atoms with E-state index in [0.717, 1.165) is 12.1 Å². The van der Waals surface area contributed by atoms with E-state index in [2.05, 4.69) is 21.2 Å². The van der Waals surface area contributed by atoms with Gasteiger partial charge in [-0.25, -0.2) is 13.8 Å². The summed E-state index contributed by atoms with van der Waals surface area (Å²) in [5.74, 6) is -2.70. The van der Waals surface area contributed by atoms with Crippen molar-refractivity contribution in [3.8, 4) is 5.75 Å². The third-order valence-electron chi connectivity index (χ3n) is 4.69. The minimum Gasteiger partial charge on any atom is -0.495 e. The molecule has 3 aromatic rings. The zero-order chi connectivity index (χ0) is 22.5. The Morgan fingerprint density at radius 3 is 2.55 bits per heavy atom. The van der Waals surface area contributed by atoms with Gasteiger partial charge in [0.25, 0.3) is 11.8 Å². The van der Waals surface area contributed by atoms with E-state index < -0.39 is 29.5 Å². The summed E-state index contributed by atoms with van der Waals surface area (Å²) in [6, 6.07) is 8.26. The maximum atomic E-state index is 13.7. The van der Waals surface area contributed by atoms with Crippen molar-refractivity contribution in [2.75, 3.05) is 19.0 Å². The average Bonchev–Trinajstić information content (AvgIpc) is 3.13. The normalized spacial score (nSPS) is 11.9. The maximum Gasteiger partial charge on any atom is 0.261 e. The number of carbonyl (C=O) groups is 2. The minimum atomic E-state index is -1.03. The number of halogens is 2. The molecule has 0 bridgehead atoms. The van der Waals surface area contributed by atoms with Gasteiger partial charge in [-0.15, -0.1) is 0 Å². The van der Waals surface area contributed by atoms with Gasteiger partial charge in [-0.1, -0.05) is 26.0 Å². The summed E-state index contributed by atoms with van der Waals surface area (Å²) in [5, 5.41) is 2.92. The molecule has 0 saturated heterocycles. The van der Waals surface area contributed by atoms with E-state index >= 15 is 0 Å². The maximum absolute atomic E-state index is 13.7. The lowest BCUT2D eigenvalue weighted by molar-refractivity contribution is -0.130. The summed E-state index contributed by atoms with van der Waals surface area (Å²) in [4.78, 5) is 29.0. The van der Waals surface area contributed by atoms with E-state index in [1.165, 1.54) is 18.0 Å². The molecule has 164 valence electrons. The molecule has 3 rings (SSSR count). The van der Waals surface area contributed by atoms with Crippen LogP contribution in [0.15, 0.2) is 42.7 Å². The Morgan fingerprint density at radius 1 is 1.13 bits per heavy atom. The zero-order valence-corrected chi connectivity index (χ0v) is 17.3. The Kier molecular flexibility index (Phi) is 6.68. The van der Waals surface area contributed by atoms with Gasteiger partial charge in [0.15, 0.2) is 11.6 Å². The quantitative estimate of drug-likeness (QED) is 0.500. The minimum absolute atomic E-state index is 0.106. The van der Waals surface area contributed by atoms with Crippen molar-refractivity contribution in [3.05, 3.63) is 54.4 Å². The number of rotatable bonds is 7. The van der Waals surface area contributed by atoms with E-state index in [4.69, 9.17) is 4.74 Å². The molecular formula is C21H23F2N5O3. The van der Waals surface area contributed by atoms with E-state index in [9.17, 15) is 18.4 Å². The SMILES string of the molecule is COc1ccccc1NCC(=O)NNC(=O)C(C(C)C)n1cnc2cc(F)c(F)cc21. The van der Waals surface area contributed by atoms with Crippen molar-refractivity contribution in [1.82, 2.24) is 20.4 Å². The molecule has 0 saturated carbocycles. The van der Waals surface area contributed by atoms with E-state index in [-0.39, 0.29) is 23.5 Å². The molecule has 10 heteroatoms. The van der Waals surface area contributed by atoms with Crippen LogP contribution in [0.5, 0.6) is 5.75 Å². The Hall–Kier alpha value is -3.69. The zero-order valence-electron chi connectivity index (χ0n) is 17.3. The van der Waals surface area contributed by atoms with Crippen LogP contribution in [0, 0.1) is 17.6 Å². The highest BCUT2D eigenvalue weighted by Gasteiger charge is 2.26. The molecule has 1 heterocycles. The number of anilines is 1. The average molecular weight is 431 g/mol. The van der Waals surface area contributed by atoms with Crippen LogP contribution < -0.4 is 20.9 Å². The monoisotopic (exact) mass is 431 g/mol. The van der Waals surface area contributed by atoms with Gasteiger partial charge >= 0.3 is 0 Å². The molecular weight excluding hydrogens is 408 g/mol. The lowest BCUT2D eigenvalue weighted by atomic mass is 10.0. The highest BCUT2D eigenvalue weighted by molar-refractivity contribution is 5.87. The summed E-state index contributed by atoms with van der Waals surface area (Å²) in [5.41, 5.74) is 5.86. The largest absolute Gasteiger partial charge is 0.495 e. The number of nitrogens with zero attached hydrogens (tertiary/aromatic N) is 2. The molecule has 0 aliphatic rings. The van der Waals surface area contributed by atoms with Gasteiger partial charge in [0.05, 0.1) is 36.7 Å². The van der Waals surface area contributed by atoms with Crippen LogP contribution in [0.4, 0.5) is 14.5 Å². The van der Waals surface area contributed by atoms with Crippen LogP contribution in [0.3, 0.4) is 0 Å². The molecule has 1 unspecified atom stereocenters. The van der Waals surface area contributed by atoms with E-state index in [0.29, 0.717) is 11.4 Å². The highest BCUT2D eigenvalue weighted by Crippen LogP contribution is 2.25. The molecule has 31 heavy (non-hydrogen) atoms. The molecule has 1 aromatic heterocycles. The molecule has 3 N–H and O–H groups in total. The fraction of sp³-hybridized carbons (Fsp3) is 0.286. The first-order valence-corrected chi connectivity index (χ1v) is 9.59. The third-order valence-corrected chi connectivity index (χ3v) is 4.69. The summed E-state index contributed by atoms with van der Waals surface area (Å²) >= 11 is 0. The van der Waals surface area contributed by atoms with Crippen molar-refractivity contribution >= 4 is 28.5 Å². The molecule has 0 aliphatic carbocycles. The number of ether oxygens (including phenoxy) is 1. The fourth-order valence-electron chi connectivity index (χ4n) is 3.21. The van der Waals surface area contributed by atoms with Crippen molar-refractivity contribution < 1.29 is 23.1 Å². The van der Waals surface area contributed by atoms with Gasteiger partial charge in [0, 0.05) is 12.1 Å². The molecule has 0 spiro atoms. The molecule has 1 atom stereocenters. The number of carbonyl (C=O) groups excluding carboxylic acids is 2. The summed E-state index contributed by atoms with van der Waals surface area (Å²) in [6.45, 7) is 3.48. The van der Waals surface area contributed by atoms with Gasteiger partial charge in [0.1, 0.15) is 11.8 Å². The second-order valence-corrected chi connectivity index (χ2v) is 7.19. The van der Waals surface area contributed by atoms with Gasteiger partial charge in [-0.3, -0.25) is 20.4 Å². The lowest BCUT2D eigenvalue weighted by Gasteiger charge is -2.22. The van der Waals surface area contributed by atoms with Gasteiger partial charge in [-0.2, -0.15) is 0 Å². The van der Waals surface area contributed by atoms with Gasteiger partial charge in [-0.05, 0) is 18.1 Å². The number of benzene rings is 2. The fourth-order valence-corrected chi connectivity index (χ4v) is 3.21. The lowest BCUT2D eigenvalue weighted by Crippen LogP contribution is -2.47. The van der Waals surface area contributed by atoms with E-state index in [1.54, 1.807) is 38.1 Å². The Labute approximate surface area is 177 Å². The van der Waals surface area contributed by atoms with Crippen molar-refractivity contribution in [1.29, 1.82) is 0 Å². The topological polar surface area (TPSA) is 97.3 Å². The number of fused-ring (bicyclic) bond motifs is 1. The summed E-state index contributed by atoms with van der Waals surface area (Å²) in [6.07, 6.45) is 1.35. The number of hydrogen-bond acceptors (Lipinski definition) is 5. The van der Waals surface area contributed by atoms with Crippen LogP contribution in [0.1, 0.15) is 19.9 Å². The number of imidazole rings is 1. The molecule has 0 radical (unpaired) electrons. The van der Waals surface area contributed by atoms with Gasteiger partial charge in [0.2, 0.25) is 0 Å². The van der Waals surface area contributed by atoms with Crippen LogP contribution in [0.25, 0.3) is 11.0 Å². The standard InChI is InChI=1S/C21H23F2N5O3/c1-12(2)20(28-11-25-16-8-13(22)14(23)9-17(16)28)21(30)27-26-19(29)10-24-15-6-4-5-7-18(15)31-3/h4-9,11-12,20,24H,10H2,1-3H3,(H,26,29)(H,27,30). The first kappa shape index (κ1) is 22.0. The number of hydrogen-bond donors (Lipinski definition) is 3. The molecule has 8 nitrogen and oxygen atoms in total. The summed E-state index contributed by atoms with van der Waals surface area (Å²) in [7, 11) is 1.52. The number of hydrazine groups is 1.